The molecule has 0 unspecified atom stereocenters. The Labute approximate surface area is 90.1 Å². The summed E-state index contributed by atoms with van der Waals surface area (Å²) in [6.45, 7) is 11.8. The molecule has 0 saturated heterocycles. The van der Waals surface area contributed by atoms with Crippen LogP contribution in [0.15, 0.2) is 0 Å². The fourth-order valence-corrected chi connectivity index (χ4v) is 1.57. The monoisotopic (exact) mass is 200 g/mol. The molecular formula is C12H28N2. The van der Waals surface area contributed by atoms with Crippen molar-refractivity contribution in [1.82, 2.24) is 10.2 Å². The van der Waals surface area contributed by atoms with Crippen molar-refractivity contribution < 1.29 is 0 Å². The van der Waals surface area contributed by atoms with E-state index in [4.69, 9.17) is 0 Å². The number of rotatable bonds is 9. The van der Waals surface area contributed by atoms with Gasteiger partial charge in [0, 0.05) is 0 Å². The average Bonchev–Trinajstić information content (AvgIpc) is 2.14. The van der Waals surface area contributed by atoms with E-state index in [9.17, 15) is 0 Å². The molecule has 0 aromatic carbocycles. The van der Waals surface area contributed by atoms with Crippen LogP contribution in [0.1, 0.15) is 40.0 Å². The topological polar surface area (TPSA) is 15.3 Å². The summed E-state index contributed by atoms with van der Waals surface area (Å²) in [5.74, 6) is 0.832. The first-order chi connectivity index (χ1) is 6.70. The Balaban J connectivity index is 3.54. The molecule has 0 aromatic heterocycles. The molecule has 0 heterocycles. The van der Waals surface area contributed by atoms with E-state index >= 15 is 0 Å². The zero-order valence-corrected chi connectivity index (χ0v) is 10.5. The van der Waals surface area contributed by atoms with E-state index < -0.39 is 0 Å². The van der Waals surface area contributed by atoms with E-state index in [1.807, 2.05) is 7.05 Å². The Kier molecular flexibility index (Phi) is 9.42. The zero-order valence-electron chi connectivity index (χ0n) is 10.5. The van der Waals surface area contributed by atoms with Crippen LogP contribution in [0.25, 0.3) is 0 Å². The summed E-state index contributed by atoms with van der Waals surface area (Å²) >= 11 is 0. The van der Waals surface area contributed by atoms with Gasteiger partial charge in [-0.15, -0.1) is 0 Å². The molecule has 14 heavy (non-hydrogen) atoms. The summed E-state index contributed by atoms with van der Waals surface area (Å²) in [6.07, 6.45) is 3.88. The lowest BCUT2D eigenvalue weighted by molar-refractivity contribution is 0.254. The van der Waals surface area contributed by atoms with Crippen molar-refractivity contribution in [2.45, 2.75) is 40.0 Å². The first kappa shape index (κ1) is 13.9. The van der Waals surface area contributed by atoms with Gasteiger partial charge in [0.15, 0.2) is 0 Å². The molecule has 0 aliphatic rings. The van der Waals surface area contributed by atoms with Gasteiger partial charge in [0.05, 0.1) is 0 Å². The van der Waals surface area contributed by atoms with Crippen LogP contribution in [0.2, 0.25) is 0 Å². The van der Waals surface area contributed by atoms with E-state index in [1.54, 1.807) is 0 Å². The highest BCUT2D eigenvalue weighted by Crippen LogP contribution is 2.03. The molecule has 2 nitrogen and oxygen atoms in total. The highest BCUT2D eigenvalue weighted by atomic mass is 15.1. The van der Waals surface area contributed by atoms with Gasteiger partial charge in [0.25, 0.3) is 0 Å². The molecule has 0 saturated carbocycles. The molecule has 0 bridgehead atoms. The second kappa shape index (κ2) is 9.47. The van der Waals surface area contributed by atoms with Gasteiger partial charge in [0.1, 0.15) is 0 Å². The van der Waals surface area contributed by atoms with Gasteiger partial charge in [0.2, 0.25) is 0 Å². The molecule has 1 N–H and O–H groups in total. The highest BCUT2D eigenvalue weighted by molar-refractivity contribution is 4.59. The molecule has 0 spiro atoms. The van der Waals surface area contributed by atoms with Crippen LogP contribution in [0.3, 0.4) is 0 Å². The average molecular weight is 200 g/mol. The molecule has 0 aliphatic heterocycles. The van der Waals surface area contributed by atoms with Crippen LogP contribution >= 0.6 is 0 Å². The lowest BCUT2D eigenvalue weighted by Crippen LogP contribution is -2.29. The number of nitrogens with zero attached hydrogens (tertiary/aromatic N) is 1. The van der Waals surface area contributed by atoms with Crippen molar-refractivity contribution in [3.8, 4) is 0 Å². The molecule has 0 fully saturated rings. The summed E-state index contributed by atoms with van der Waals surface area (Å²) in [4.78, 5) is 2.59. The van der Waals surface area contributed by atoms with Crippen LogP contribution in [-0.4, -0.2) is 38.1 Å². The third-order valence-electron chi connectivity index (χ3n) is 2.46. The quantitative estimate of drug-likeness (QED) is 0.575. The highest BCUT2D eigenvalue weighted by Gasteiger charge is 2.04. The first-order valence-electron chi connectivity index (χ1n) is 6.07. The molecule has 0 aliphatic carbocycles. The van der Waals surface area contributed by atoms with Crippen LogP contribution in [-0.2, 0) is 0 Å². The van der Waals surface area contributed by atoms with Crippen LogP contribution in [0.4, 0.5) is 0 Å². The number of hydrogen-bond donors (Lipinski definition) is 1. The summed E-state index contributed by atoms with van der Waals surface area (Å²) in [5, 5.41) is 3.20. The summed E-state index contributed by atoms with van der Waals surface area (Å²) in [7, 11) is 2.03. The molecule has 86 valence electrons. The Morgan fingerprint density at radius 2 is 1.86 bits per heavy atom. The molecule has 0 aromatic rings. The van der Waals surface area contributed by atoms with Crippen molar-refractivity contribution >= 4 is 0 Å². The maximum Gasteiger partial charge on any atom is -0.000664 e. The Hall–Kier alpha value is -0.0800. The normalized spacial score (nSPS) is 11.6. The fraction of sp³-hybridized carbons (Fsp3) is 1.00. The van der Waals surface area contributed by atoms with Gasteiger partial charge in [-0.1, -0.05) is 20.8 Å². The van der Waals surface area contributed by atoms with Crippen molar-refractivity contribution in [2.75, 3.05) is 33.2 Å². The van der Waals surface area contributed by atoms with Gasteiger partial charge in [-0.2, -0.15) is 0 Å². The van der Waals surface area contributed by atoms with Crippen molar-refractivity contribution in [2.24, 2.45) is 5.92 Å². The van der Waals surface area contributed by atoms with E-state index in [2.05, 4.69) is 31.0 Å². The number of nitrogens with one attached hydrogen (secondary N) is 1. The lowest BCUT2D eigenvalue weighted by Gasteiger charge is -2.22. The van der Waals surface area contributed by atoms with E-state index in [0.717, 1.165) is 12.5 Å². The smallest absolute Gasteiger partial charge is 0.000664 e. The predicted octanol–water partition coefficient (Wildman–Crippen LogP) is 2.35. The summed E-state index contributed by atoms with van der Waals surface area (Å²) in [5.41, 5.74) is 0. The SMILES string of the molecule is CCCN(CCCNC)CCC(C)C. The second-order valence-corrected chi connectivity index (χ2v) is 4.48. The largest absolute Gasteiger partial charge is 0.320 e. The fourth-order valence-electron chi connectivity index (χ4n) is 1.57. The van der Waals surface area contributed by atoms with Crippen LogP contribution in [0, 0.1) is 5.92 Å². The van der Waals surface area contributed by atoms with Gasteiger partial charge in [-0.3, -0.25) is 0 Å². The third kappa shape index (κ3) is 8.52. The summed E-state index contributed by atoms with van der Waals surface area (Å²) < 4.78 is 0. The number of hydrogen-bond acceptors (Lipinski definition) is 2. The molecule has 0 atom stereocenters. The summed E-state index contributed by atoms with van der Waals surface area (Å²) in [6, 6.07) is 0. The molecular weight excluding hydrogens is 172 g/mol. The van der Waals surface area contributed by atoms with Crippen LogP contribution < -0.4 is 5.32 Å². The Morgan fingerprint density at radius 3 is 2.36 bits per heavy atom. The van der Waals surface area contributed by atoms with Gasteiger partial charge < -0.3 is 10.2 Å². The van der Waals surface area contributed by atoms with Gasteiger partial charge in [-0.05, 0) is 58.4 Å². The van der Waals surface area contributed by atoms with Crippen molar-refractivity contribution in [3.63, 3.8) is 0 Å². The molecule has 0 amide bonds. The van der Waals surface area contributed by atoms with E-state index in [-0.39, 0.29) is 0 Å². The Bertz CT molecular complexity index is 113. The molecule has 0 radical (unpaired) electrons. The van der Waals surface area contributed by atoms with Crippen molar-refractivity contribution in [1.29, 1.82) is 0 Å². The minimum atomic E-state index is 0.832. The van der Waals surface area contributed by atoms with E-state index in [1.165, 1.54) is 38.9 Å². The third-order valence-corrected chi connectivity index (χ3v) is 2.46. The predicted molar refractivity (Wildman–Crippen MR) is 64.7 cm³/mol. The second-order valence-electron chi connectivity index (χ2n) is 4.48. The molecule has 2 heteroatoms. The minimum Gasteiger partial charge on any atom is -0.320 e. The molecule has 0 rings (SSSR count). The lowest BCUT2D eigenvalue weighted by atomic mass is 10.1. The van der Waals surface area contributed by atoms with Crippen molar-refractivity contribution in [3.05, 3.63) is 0 Å². The maximum absolute atomic E-state index is 3.20. The standard InChI is InChI=1S/C12H28N2/c1-5-9-14(10-6-8-13-4)11-7-12(2)3/h12-13H,5-11H2,1-4H3. The zero-order chi connectivity index (χ0) is 10.8. The Morgan fingerprint density at radius 1 is 1.14 bits per heavy atom. The van der Waals surface area contributed by atoms with Gasteiger partial charge >= 0.3 is 0 Å². The van der Waals surface area contributed by atoms with Gasteiger partial charge in [-0.25, -0.2) is 0 Å². The van der Waals surface area contributed by atoms with Crippen LogP contribution in [0.5, 0.6) is 0 Å². The van der Waals surface area contributed by atoms with E-state index in [0.29, 0.717) is 0 Å². The maximum atomic E-state index is 3.20. The minimum absolute atomic E-state index is 0.832. The first-order valence-corrected chi connectivity index (χ1v) is 6.07.